The summed E-state index contributed by atoms with van der Waals surface area (Å²) in [5, 5.41) is 24.9. The minimum absolute atomic E-state index is 0.181. The molecule has 0 aliphatic heterocycles. The van der Waals surface area contributed by atoms with Crippen molar-refractivity contribution in [3.8, 4) is 6.07 Å². The van der Waals surface area contributed by atoms with Gasteiger partial charge in [0, 0.05) is 17.5 Å². The first kappa shape index (κ1) is 12.7. The van der Waals surface area contributed by atoms with Gasteiger partial charge in [-0.3, -0.25) is 0 Å². The Morgan fingerprint density at radius 2 is 2.26 bits per heavy atom. The molecule has 2 rings (SSSR count). The largest absolute Gasteiger partial charge is 0.360 e. The third-order valence-corrected chi connectivity index (χ3v) is 2.66. The third-order valence-electron chi connectivity index (χ3n) is 2.66. The van der Waals surface area contributed by atoms with Gasteiger partial charge in [-0.05, 0) is 30.7 Å². The fraction of sp³-hybridized carbons (Fsp3) is 0.167. The number of aromatic amines is 1. The average molecular weight is 258 g/mol. The van der Waals surface area contributed by atoms with Crippen LogP contribution in [-0.2, 0) is 0 Å². The van der Waals surface area contributed by atoms with Gasteiger partial charge >= 0.3 is 0 Å². The van der Waals surface area contributed by atoms with E-state index < -0.39 is 0 Å². The Morgan fingerprint density at radius 3 is 2.89 bits per heavy atom. The zero-order valence-electron chi connectivity index (χ0n) is 10.4. The summed E-state index contributed by atoms with van der Waals surface area (Å²) in [5.41, 5.74) is 1.85. The predicted molar refractivity (Wildman–Crippen MR) is 67.3 cm³/mol. The van der Waals surface area contributed by atoms with Gasteiger partial charge in [-0.15, -0.1) is 10.2 Å². The third kappa shape index (κ3) is 2.57. The van der Waals surface area contributed by atoms with Crippen LogP contribution in [0.1, 0.15) is 17.0 Å². The van der Waals surface area contributed by atoms with Gasteiger partial charge in [-0.1, -0.05) is 6.07 Å². The summed E-state index contributed by atoms with van der Waals surface area (Å²) in [6.45, 7) is 3.36. The van der Waals surface area contributed by atoms with Crippen molar-refractivity contribution >= 4 is 11.3 Å². The minimum atomic E-state index is -0.267. The molecule has 7 heteroatoms. The van der Waals surface area contributed by atoms with Crippen LogP contribution in [0.15, 0.2) is 18.3 Å². The summed E-state index contributed by atoms with van der Waals surface area (Å²) in [4.78, 5) is 0. The highest BCUT2D eigenvalue weighted by Crippen LogP contribution is 2.21. The van der Waals surface area contributed by atoms with Gasteiger partial charge < -0.3 is 5.32 Å². The molecular formula is C12H11FN6. The Balaban J connectivity index is 2.28. The lowest BCUT2D eigenvalue weighted by molar-refractivity contribution is 0.610. The number of benzene rings is 1. The van der Waals surface area contributed by atoms with Gasteiger partial charge in [0.2, 0.25) is 5.82 Å². The molecule has 0 atom stereocenters. The van der Waals surface area contributed by atoms with E-state index in [-0.39, 0.29) is 17.2 Å². The van der Waals surface area contributed by atoms with Crippen molar-refractivity contribution in [2.75, 3.05) is 5.32 Å². The molecule has 19 heavy (non-hydrogen) atoms. The van der Waals surface area contributed by atoms with Crippen LogP contribution in [0, 0.1) is 31.0 Å². The zero-order chi connectivity index (χ0) is 13.8. The number of nitrogens with zero attached hydrogens (tertiary/aromatic N) is 4. The van der Waals surface area contributed by atoms with E-state index >= 15 is 0 Å². The predicted octanol–water partition coefficient (Wildman–Crippen LogP) is 1.93. The molecule has 1 aromatic heterocycles. The molecular weight excluding hydrogens is 247 g/mol. The maximum absolute atomic E-state index is 13.7. The first-order chi connectivity index (χ1) is 9.13. The van der Waals surface area contributed by atoms with E-state index in [1.54, 1.807) is 26.0 Å². The summed E-state index contributed by atoms with van der Waals surface area (Å²) in [6, 6.07) is 5.35. The number of nitrogens with one attached hydrogen (secondary N) is 2. The fourth-order valence-corrected chi connectivity index (χ4v) is 1.55. The first-order valence-electron chi connectivity index (χ1n) is 5.50. The second-order valence-corrected chi connectivity index (χ2v) is 3.92. The lowest BCUT2D eigenvalue weighted by Gasteiger charge is -2.08. The molecule has 96 valence electrons. The van der Waals surface area contributed by atoms with E-state index in [2.05, 4.69) is 25.9 Å². The highest BCUT2D eigenvalue weighted by atomic mass is 19.1. The van der Waals surface area contributed by atoms with E-state index in [9.17, 15) is 4.39 Å². The van der Waals surface area contributed by atoms with Crippen LogP contribution >= 0.6 is 0 Å². The van der Waals surface area contributed by atoms with Crippen LogP contribution in [0.3, 0.4) is 0 Å². The number of tetrazole rings is 1. The molecule has 1 heterocycles. The van der Waals surface area contributed by atoms with Gasteiger partial charge in [0.25, 0.3) is 0 Å². The monoisotopic (exact) mass is 258 g/mol. The van der Waals surface area contributed by atoms with Gasteiger partial charge in [0.15, 0.2) is 0 Å². The highest BCUT2D eigenvalue weighted by Gasteiger charge is 2.08. The van der Waals surface area contributed by atoms with Gasteiger partial charge in [0.1, 0.15) is 17.5 Å². The van der Waals surface area contributed by atoms with Crippen LogP contribution in [0.25, 0.3) is 5.57 Å². The van der Waals surface area contributed by atoms with E-state index in [1.807, 2.05) is 6.07 Å². The molecule has 0 radical (unpaired) electrons. The Morgan fingerprint density at radius 1 is 1.47 bits per heavy atom. The van der Waals surface area contributed by atoms with Crippen LogP contribution in [0.4, 0.5) is 10.1 Å². The van der Waals surface area contributed by atoms with Crippen molar-refractivity contribution in [1.29, 1.82) is 5.26 Å². The topological polar surface area (TPSA) is 90.3 Å². The molecule has 0 fully saturated rings. The van der Waals surface area contributed by atoms with Crippen molar-refractivity contribution in [2.45, 2.75) is 13.8 Å². The van der Waals surface area contributed by atoms with Gasteiger partial charge in [0.05, 0.1) is 0 Å². The molecule has 2 N–H and O–H groups in total. The maximum atomic E-state index is 13.7. The smallest absolute Gasteiger partial charge is 0.216 e. The lowest BCUT2D eigenvalue weighted by Crippen LogP contribution is -1.98. The molecule has 0 saturated heterocycles. The van der Waals surface area contributed by atoms with Crippen molar-refractivity contribution in [2.24, 2.45) is 0 Å². The van der Waals surface area contributed by atoms with Crippen molar-refractivity contribution in [1.82, 2.24) is 20.6 Å². The number of rotatable bonds is 3. The summed E-state index contributed by atoms with van der Waals surface area (Å²) in [6.07, 6.45) is 1.42. The molecule has 0 amide bonds. The number of aromatic nitrogens is 4. The average Bonchev–Trinajstić information content (AvgIpc) is 2.93. The quantitative estimate of drug-likeness (QED) is 0.821. The Kier molecular flexibility index (Phi) is 3.52. The highest BCUT2D eigenvalue weighted by molar-refractivity contribution is 5.74. The molecule has 6 nitrogen and oxygen atoms in total. The number of halogens is 1. The van der Waals surface area contributed by atoms with Crippen molar-refractivity contribution in [3.63, 3.8) is 0 Å². The van der Waals surface area contributed by atoms with Gasteiger partial charge in [-0.25, -0.2) is 4.39 Å². The number of aryl methyl sites for hydroxylation is 1. The molecule has 0 saturated carbocycles. The number of hydrogen-bond acceptors (Lipinski definition) is 5. The van der Waals surface area contributed by atoms with Crippen LogP contribution < -0.4 is 5.32 Å². The summed E-state index contributed by atoms with van der Waals surface area (Å²) < 4.78 is 13.7. The summed E-state index contributed by atoms with van der Waals surface area (Å²) >= 11 is 0. The molecule has 0 aliphatic carbocycles. The van der Waals surface area contributed by atoms with E-state index in [1.165, 1.54) is 6.20 Å². The molecule has 2 aromatic rings. The number of H-pyrrole nitrogens is 1. The molecule has 0 spiro atoms. The van der Waals surface area contributed by atoms with E-state index in [0.717, 1.165) is 0 Å². The summed E-state index contributed by atoms with van der Waals surface area (Å²) in [5.74, 6) is -0.0864. The second-order valence-electron chi connectivity index (χ2n) is 3.92. The second kappa shape index (κ2) is 5.27. The Bertz CT molecular complexity index is 654. The number of allylic oxidation sites excluding steroid dienone is 1. The van der Waals surface area contributed by atoms with Crippen LogP contribution in [0.5, 0.6) is 0 Å². The number of nitriles is 1. The number of hydrogen-bond donors (Lipinski definition) is 2. The fourth-order valence-electron chi connectivity index (χ4n) is 1.55. The molecule has 0 aliphatic rings. The van der Waals surface area contributed by atoms with Gasteiger partial charge in [-0.2, -0.15) is 10.5 Å². The number of anilines is 1. The maximum Gasteiger partial charge on any atom is 0.216 e. The first-order valence-corrected chi connectivity index (χ1v) is 5.50. The SMILES string of the molecule is Cc1ccc(NC=C(C#N)c2nn[nH]n2)c(C)c1F. The van der Waals surface area contributed by atoms with Crippen LogP contribution in [-0.4, -0.2) is 20.6 Å². The van der Waals surface area contributed by atoms with Crippen molar-refractivity contribution < 1.29 is 4.39 Å². The minimum Gasteiger partial charge on any atom is -0.360 e. The Hall–Kier alpha value is -2.75. The zero-order valence-corrected chi connectivity index (χ0v) is 10.4. The normalized spacial score (nSPS) is 11.2. The standard InChI is InChI=1S/C12H11FN6/c1-7-3-4-10(8(2)11(7)13)15-6-9(5-14)12-16-18-19-17-12/h3-4,6,15H,1-2H3,(H,16,17,18,19). The van der Waals surface area contributed by atoms with Crippen molar-refractivity contribution in [3.05, 3.63) is 41.1 Å². The molecule has 0 unspecified atom stereocenters. The van der Waals surface area contributed by atoms with E-state index in [0.29, 0.717) is 16.8 Å². The van der Waals surface area contributed by atoms with Crippen LogP contribution in [0.2, 0.25) is 0 Å². The summed E-state index contributed by atoms with van der Waals surface area (Å²) in [7, 11) is 0. The Labute approximate surface area is 109 Å². The molecule has 1 aromatic carbocycles. The molecule has 0 bridgehead atoms. The lowest BCUT2D eigenvalue weighted by atomic mass is 10.1. The van der Waals surface area contributed by atoms with E-state index in [4.69, 9.17) is 5.26 Å².